The van der Waals surface area contributed by atoms with E-state index in [4.69, 9.17) is 0 Å². The average Bonchev–Trinajstić information content (AvgIpc) is 3.11. The Bertz CT molecular complexity index is 897. The van der Waals surface area contributed by atoms with E-state index in [1.165, 1.54) is 19.3 Å². The third-order valence-electron chi connectivity index (χ3n) is 10.1. The number of rotatable bonds is 4. The molecule has 0 saturated heterocycles. The standard InChI is InChI=1S/C28H42N2O2/c1-8-17(2)26(32)29-24-14-16-28(5)22-13-15-27(4)20(18(3)30(6)7)11-12-21(27)19(22)9-10-23(28)25(24)31/h8,11,14,18-19,21-23H,9-10,12-13,15-16H2,1-7H3,(H,29,32). The zero-order chi connectivity index (χ0) is 23.4. The normalized spacial score (nSPS) is 40.1. The molecule has 4 heteroatoms. The van der Waals surface area contributed by atoms with Crippen molar-refractivity contribution < 1.29 is 9.59 Å². The zero-order valence-corrected chi connectivity index (χ0v) is 21.1. The van der Waals surface area contributed by atoms with Crippen LogP contribution in [0, 0.1) is 34.5 Å². The second-order valence-electron chi connectivity index (χ2n) is 11.6. The van der Waals surface area contributed by atoms with Gasteiger partial charge in [0.15, 0.2) is 5.78 Å². The summed E-state index contributed by atoms with van der Waals surface area (Å²) in [5, 5.41) is 2.90. The third-order valence-corrected chi connectivity index (χ3v) is 10.1. The zero-order valence-electron chi connectivity index (χ0n) is 21.1. The molecule has 0 aromatic heterocycles. The first-order valence-corrected chi connectivity index (χ1v) is 12.6. The van der Waals surface area contributed by atoms with E-state index in [9.17, 15) is 9.59 Å². The van der Waals surface area contributed by atoms with Crippen molar-refractivity contribution in [3.63, 3.8) is 0 Å². The van der Waals surface area contributed by atoms with Gasteiger partial charge in [0.25, 0.3) is 5.91 Å². The minimum atomic E-state index is -0.155. The lowest BCUT2D eigenvalue weighted by Crippen LogP contribution is -2.55. The number of fused-ring (bicyclic) bond motifs is 5. The molecule has 2 fully saturated rings. The Morgan fingerprint density at radius 2 is 1.91 bits per heavy atom. The fourth-order valence-electron chi connectivity index (χ4n) is 7.78. The highest BCUT2D eigenvalue weighted by atomic mass is 16.2. The SMILES string of the molecule is CC=C(C)C(=O)NC1=CCC2(C)C(CCC3C4CC=C(C(C)N(C)C)C4(C)CCC32)C1=O. The van der Waals surface area contributed by atoms with Gasteiger partial charge in [-0.05, 0) is 102 Å². The van der Waals surface area contributed by atoms with Gasteiger partial charge in [-0.3, -0.25) is 9.59 Å². The predicted octanol–water partition coefficient (Wildman–Crippen LogP) is 5.27. The number of allylic oxidation sites excluding steroid dienone is 4. The van der Waals surface area contributed by atoms with Gasteiger partial charge < -0.3 is 10.2 Å². The summed E-state index contributed by atoms with van der Waals surface area (Å²) in [6.07, 6.45) is 13.0. The quantitative estimate of drug-likeness (QED) is 0.480. The highest BCUT2D eigenvalue weighted by Crippen LogP contribution is 2.66. The maximum atomic E-state index is 13.5. The molecule has 32 heavy (non-hydrogen) atoms. The molecule has 0 aliphatic heterocycles. The molecule has 2 saturated carbocycles. The molecule has 0 aromatic rings. The maximum absolute atomic E-state index is 13.5. The Hall–Kier alpha value is -1.68. The van der Waals surface area contributed by atoms with Crippen molar-refractivity contribution >= 4 is 11.7 Å². The van der Waals surface area contributed by atoms with E-state index in [0.717, 1.165) is 19.3 Å². The summed E-state index contributed by atoms with van der Waals surface area (Å²) < 4.78 is 0. The Morgan fingerprint density at radius 3 is 2.56 bits per heavy atom. The molecule has 7 atom stereocenters. The van der Waals surface area contributed by atoms with Crippen molar-refractivity contribution in [3.05, 3.63) is 35.1 Å². The van der Waals surface area contributed by atoms with E-state index >= 15 is 0 Å². The monoisotopic (exact) mass is 438 g/mol. The lowest BCUT2D eigenvalue weighted by molar-refractivity contribution is -0.138. The molecule has 0 heterocycles. The summed E-state index contributed by atoms with van der Waals surface area (Å²) in [5.41, 5.74) is 3.13. The molecule has 176 valence electrons. The van der Waals surface area contributed by atoms with Gasteiger partial charge in [0, 0.05) is 17.5 Å². The molecular formula is C28H42N2O2. The fourth-order valence-corrected chi connectivity index (χ4v) is 7.78. The van der Waals surface area contributed by atoms with Gasteiger partial charge in [0.2, 0.25) is 0 Å². The van der Waals surface area contributed by atoms with Crippen LogP contribution in [0.15, 0.2) is 35.1 Å². The Labute approximate surface area is 194 Å². The van der Waals surface area contributed by atoms with Crippen molar-refractivity contribution in [1.29, 1.82) is 0 Å². The molecule has 0 bridgehead atoms. The van der Waals surface area contributed by atoms with E-state index < -0.39 is 0 Å². The number of nitrogens with zero attached hydrogens (tertiary/aromatic N) is 1. The smallest absolute Gasteiger partial charge is 0.251 e. The van der Waals surface area contributed by atoms with Crippen LogP contribution >= 0.6 is 0 Å². The number of hydrogen-bond donors (Lipinski definition) is 1. The van der Waals surface area contributed by atoms with Crippen LogP contribution in [0.5, 0.6) is 0 Å². The van der Waals surface area contributed by atoms with Crippen LogP contribution in [0.1, 0.15) is 73.1 Å². The van der Waals surface area contributed by atoms with Crippen molar-refractivity contribution in [3.8, 4) is 0 Å². The topological polar surface area (TPSA) is 49.4 Å². The predicted molar refractivity (Wildman–Crippen MR) is 130 cm³/mol. The minimum absolute atomic E-state index is 0.0150. The number of amides is 1. The van der Waals surface area contributed by atoms with Crippen molar-refractivity contribution in [2.75, 3.05) is 14.1 Å². The van der Waals surface area contributed by atoms with Gasteiger partial charge in [-0.15, -0.1) is 0 Å². The molecule has 0 aromatic carbocycles. The second-order valence-corrected chi connectivity index (χ2v) is 11.6. The van der Waals surface area contributed by atoms with Gasteiger partial charge in [-0.1, -0.05) is 37.6 Å². The number of carbonyl (C=O) groups is 2. The summed E-state index contributed by atoms with van der Waals surface area (Å²) in [7, 11) is 4.38. The molecule has 4 nitrogen and oxygen atoms in total. The van der Waals surface area contributed by atoms with Crippen molar-refractivity contribution in [2.24, 2.45) is 34.5 Å². The second kappa shape index (κ2) is 8.27. The first kappa shape index (κ1) is 23.5. The number of likely N-dealkylation sites (N-methyl/N-ethyl adjacent to an activating group) is 1. The summed E-state index contributed by atoms with van der Waals surface area (Å²) in [6.45, 7) is 10.9. The molecule has 0 spiro atoms. The summed E-state index contributed by atoms with van der Waals surface area (Å²) in [6, 6.07) is 0.486. The minimum Gasteiger partial charge on any atom is -0.319 e. The van der Waals surface area contributed by atoms with Gasteiger partial charge in [0.05, 0.1) is 5.70 Å². The third kappa shape index (κ3) is 3.45. The van der Waals surface area contributed by atoms with E-state index in [0.29, 0.717) is 40.5 Å². The lowest BCUT2D eigenvalue weighted by Gasteiger charge is -2.59. The summed E-state index contributed by atoms with van der Waals surface area (Å²) in [4.78, 5) is 28.2. The molecular weight excluding hydrogens is 396 g/mol. The highest BCUT2D eigenvalue weighted by Gasteiger charge is 2.60. The van der Waals surface area contributed by atoms with E-state index in [1.54, 1.807) is 18.6 Å². The summed E-state index contributed by atoms with van der Waals surface area (Å²) in [5.74, 6) is 2.03. The van der Waals surface area contributed by atoms with Crippen LogP contribution in [0.2, 0.25) is 0 Å². The first-order valence-electron chi connectivity index (χ1n) is 12.6. The highest BCUT2D eigenvalue weighted by molar-refractivity contribution is 6.04. The number of hydrogen-bond acceptors (Lipinski definition) is 3. The Kier molecular flexibility index (Phi) is 6.07. The largest absolute Gasteiger partial charge is 0.319 e. The molecule has 4 aliphatic carbocycles. The van der Waals surface area contributed by atoms with Crippen LogP contribution in [-0.4, -0.2) is 36.7 Å². The Balaban J connectivity index is 1.56. The molecule has 1 N–H and O–H groups in total. The van der Waals surface area contributed by atoms with E-state index in [-0.39, 0.29) is 23.0 Å². The van der Waals surface area contributed by atoms with Gasteiger partial charge in [0.1, 0.15) is 0 Å². The van der Waals surface area contributed by atoms with Crippen LogP contribution in [-0.2, 0) is 9.59 Å². The van der Waals surface area contributed by atoms with Crippen LogP contribution in [0.25, 0.3) is 0 Å². The molecule has 4 rings (SSSR count). The molecule has 1 amide bonds. The number of nitrogens with one attached hydrogen (secondary N) is 1. The lowest BCUT2D eigenvalue weighted by atomic mass is 9.45. The van der Waals surface area contributed by atoms with Crippen LogP contribution < -0.4 is 5.32 Å². The van der Waals surface area contributed by atoms with Gasteiger partial charge in [-0.25, -0.2) is 0 Å². The van der Waals surface area contributed by atoms with E-state index in [2.05, 4.69) is 51.2 Å². The number of Topliss-reactive ketones (excluding diaryl/α,β-unsaturated/α-hetero) is 1. The van der Waals surface area contributed by atoms with Crippen molar-refractivity contribution in [2.45, 2.75) is 79.2 Å². The molecule has 4 aliphatic rings. The van der Waals surface area contributed by atoms with Crippen LogP contribution in [0.4, 0.5) is 0 Å². The summed E-state index contributed by atoms with van der Waals surface area (Å²) >= 11 is 0. The first-order chi connectivity index (χ1) is 15.0. The fraction of sp³-hybridized carbons (Fsp3) is 0.714. The van der Waals surface area contributed by atoms with Crippen molar-refractivity contribution in [1.82, 2.24) is 10.2 Å². The van der Waals surface area contributed by atoms with Gasteiger partial charge in [-0.2, -0.15) is 0 Å². The Morgan fingerprint density at radius 1 is 1.19 bits per heavy atom. The van der Waals surface area contributed by atoms with Gasteiger partial charge >= 0.3 is 0 Å². The molecule has 0 radical (unpaired) electrons. The number of ketones is 1. The van der Waals surface area contributed by atoms with Crippen LogP contribution in [0.3, 0.4) is 0 Å². The van der Waals surface area contributed by atoms with E-state index in [1.807, 2.05) is 13.0 Å². The average molecular weight is 439 g/mol. The number of carbonyl (C=O) groups excluding carboxylic acids is 2. The molecule has 7 unspecified atom stereocenters. The maximum Gasteiger partial charge on any atom is 0.251 e.